The quantitative estimate of drug-likeness (QED) is 0.673. The van der Waals surface area contributed by atoms with Crippen LogP contribution in [0.3, 0.4) is 0 Å². The fourth-order valence-corrected chi connectivity index (χ4v) is 0.740. The molecular weight excluding hydrogens is 155 g/mol. The smallest absolute Gasteiger partial charge is 0.160 e. The largest absolute Gasteiger partial charge is 0.325 e. The molecule has 4 heteroatoms. The number of rotatable bonds is 1. The van der Waals surface area contributed by atoms with Crippen LogP contribution in [0.15, 0.2) is 12.3 Å². The predicted octanol–water partition coefficient (Wildman–Crippen LogP) is 1.33. The van der Waals surface area contributed by atoms with Crippen LogP contribution in [0.25, 0.3) is 0 Å². The van der Waals surface area contributed by atoms with Crippen LogP contribution in [0.5, 0.6) is 0 Å². The highest BCUT2D eigenvalue weighted by molar-refractivity contribution is 6.30. The first kappa shape index (κ1) is 7.44. The van der Waals surface area contributed by atoms with E-state index in [1.54, 1.807) is 0 Å². The minimum Gasteiger partial charge on any atom is -0.325 e. The summed E-state index contributed by atoms with van der Waals surface area (Å²) in [5.41, 5.74) is 5.81. The summed E-state index contributed by atoms with van der Waals surface area (Å²) in [4.78, 5) is 3.67. The summed E-state index contributed by atoms with van der Waals surface area (Å²) in [6.07, 6.45) is 1.06. The highest BCUT2D eigenvalue weighted by Gasteiger charge is 1.99. The third-order valence-electron chi connectivity index (χ3n) is 1.07. The van der Waals surface area contributed by atoms with Gasteiger partial charge in [-0.25, -0.2) is 4.39 Å². The van der Waals surface area contributed by atoms with Gasteiger partial charge in [0, 0.05) is 6.54 Å². The van der Waals surface area contributed by atoms with Gasteiger partial charge in [0.1, 0.15) is 0 Å². The summed E-state index contributed by atoms with van der Waals surface area (Å²) in [7, 11) is 0. The zero-order chi connectivity index (χ0) is 7.56. The van der Waals surface area contributed by atoms with Gasteiger partial charge >= 0.3 is 0 Å². The number of nitrogens with zero attached hydrogens (tertiary/aromatic N) is 1. The SMILES string of the molecule is NCc1cc(Cl)c(F)cn1. The number of hydrogen-bond donors (Lipinski definition) is 1. The van der Waals surface area contributed by atoms with Crippen molar-refractivity contribution >= 4 is 11.6 Å². The fraction of sp³-hybridized carbons (Fsp3) is 0.167. The molecule has 54 valence electrons. The van der Waals surface area contributed by atoms with Crippen molar-refractivity contribution in [1.82, 2.24) is 4.98 Å². The Bertz CT molecular complexity index is 239. The molecule has 1 rings (SSSR count). The lowest BCUT2D eigenvalue weighted by atomic mass is 10.3. The van der Waals surface area contributed by atoms with Crippen LogP contribution in [0.1, 0.15) is 5.69 Å². The highest BCUT2D eigenvalue weighted by Crippen LogP contribution is 2.12. The van der Waals surface area contributed by atoms with Gasteiger partial charge in [-0.15, -0.1) is 0 Å². The van der Waals surface area contributed by atoms with Gasteiger partial charge in [0.25, 0.3) is 0 Å². The Morgan fingerprint density at radius 1 is 1.70 bits per heavy atom. The van der Waals surface area contributed by atoms with E-state index in [0.29, 0.717) is 5.69 Å². The van der Waals surface area contributed by atoms with Crippen LogP contribution in [-0.4, -0.2) is 4.98 Å². The molecule has 0 fully saturated rings. The molecule has 0 atom stereocenters. The molecule has 0 amide bonds. The molecule has 0 aromatic carbocycles. The lowest BCUT2D eigenvalue weighted by Crippen LogP contribution is -1.99. The van der Waals surface area contributed by atoms with Crippen LogP contribution in [0.4, 0.5) is 4.39 Å². The average Bonchev–Trinajstić information content (AvgIpc) is 1.95. The van der Waals surface area contributed by atoms with E-state index in [2.05, 4.69) is 4.98 Å². The number of aromatic nitrogens is 1. The molecule has 0 aliphatic heterocycles. The van der Waals surface area contributed by atoms with Crippen molar-refractivity contribution < 1.29 is 4.39 Å². The standard InChI is InChI=1S/C6H6ClFN2/c7-5-1-4(2-9)10-3-6(5)8/h1,3H,2,9H2. The molecule has 0 aliphatic rings. The van der Waals surface area contributed by atoms with Crippen molar-refractivity contribution in [3.63, 3.8) is 0 Å². The monoisotopic (exact) mass is 160 g/mol. The van der Waals surface area contributed by atoms with E-state index in [-0.39, 0.29) is 11.6 Å². The first-order valence-electron chi connectivity index (χ1n) is 2.74. The molecule has 0 saturated carbocycles. The number of nitrogens with two attached hydrogens (primary N) is 1. The van der Waals surface area contributed by atoms with Gasteiger partial charge in [0.15, 0.2) is 5.82 Å². The molecule has 0 saturated heterocycles. The van der Waals surface area contributed by atoms with Gasteiger partial charge in [-0.05, 0) is 6.07 Å². The maximum absolute atomic E-state index is 12.4. The minimum absolute atomic E-state index is 0.0652. The van der Waals surface area contributed by atoms with E-state index in [4.69, 9.17) is 17.3 Å². The fourth-order valence-electron chi connectivity index (χ4n) is 0.565. The summed E-state index contributed by atoms with van der Waals surface area (Å²) in [6.45, 7) is 0.278. The maximum atomic E-state index is 12.4. The average molecular weight is 161 g/mol. The summed E-state index contributed by atoms with van der Waals surface area (Å²) in [6, 6.07) is 1.41. The molecule has 0 bridgehead atoms. The molecule has 1 heterocycles. The zero-order valence-corrected chi connectivity index (χ0v) is 5.90. The normalized spacial score (nSPS) is 9.90. The zero-order valence-electron chi connectivity index (χ0n) is 5.14. The first-order valence-corrected chi connectivity index (χ1v) is 3.12. The summed E-state index contributed by atoms with van der Waals surface area (Å²) in [5, 5.41) is 0.0652. The summed E-state index contributed by atoms with van der Waals surface area (Å²) < 4.78 is 12.4. The van der Waals surface area contributed by atoms with Crippen LogP contribution < -0.4 is 5.73 Å². The first-order chi connectivity index (χ1) is 4.74. The number of halogens is 2. The van der Waals surface area contributed by atoms with Crippen LogP contribution in [-0.2, 0) is 6.54 Å². The molecule has 0 aliphatic carbocycles. The van der Waals surface area contributed by atoms with Gasteiger partial charge in [-0.1, -0.05) is 11.6 Å². The Morgan fingerprint density at radius 2 is 2.40 bits per heavy atom. The Kier molecular flexibility index (Phi) is 2.19. The third-order valence-corrected chi connectivity index (χ3v) is 1.36. The van der Waals surface area contributed by atoms with E-state index in [1.807, 2.05) is 0 Å². The Morgan fingerprint density at radius 3 is 2.90 bits per heavy atom. The maximum Gasteiger partial charge on any atom is 0.160 e. The predicted molar refractivity (Wildman–Crippen MR) is 37.1 cm³/mol. The molecule has 1 aromatic heterocycles. The van der Waals surface area contributed by atoms with E-state index in [9.17, 15) is 4.39 Å². The summed E-state index contributed by atoms with van der Waals surface area (Å²) >= 11 is 5.42. The second-order valence-electron chi connectivity index (χ2n) is 1.79. The van der Waals surface area contributed by atoms with Crippen molar-refractivity contribution in [3.05, 3.63) is 28.8 Å². The van der Waals surface area contributed by atoms with Gasteiger partial charge in [0.2, 0.25) is 0 Å². The Hall–Kier alpha value is -0.670. The van der Waals surface area contributed by atoms with E-state index >= 15 is 0 Å². The number of hydrogen-bond acceptors (Lipinski definition) is 2. The van der Waals surface area contributed by atoms with E-state index < -0.39 is 5.82 Å². The van der Waals surface area contributed by atoms with Gasteiger partial charge in [-0.2, -0.15) is 0 Å². The Labute approximate surface area is 62.8 Å². The lowest BCUT2D eigenvalue weighted by Gasteiger charge is -1.95. The van der Waals surface area contributed by atoms with Gasteiger partial charge in [-0.3, -0.25) is 4.98 Å². The van der Waals surface area contributed by atoms with E-state index in [1.165, 1.54) is 6.07 Å². The highest BCUT2D eigenvalue weighted by atomic mass is 35.5. The topological polar surface area (TPSA) is 38.9 Å². The second kappa shape index (κ2) is 2.94. The molecule has 0 unspecified atom stereocenters. The summed E-state index contributed by atoms with van der Waals surface area (Å²) in [5.74, 6) is -0.515. The molecule has 1 aromatic rings. The third kappa shape index (κ3) is 1.43. The Balaban J connectivity index is 3.04. The van der Waals surface area contributed by atoms with Crippen molar-refractivity contribution in [3.8, 4) is 0 Å². The van der Waals surface area contributed by atoms with Crippen LogP contribution in [0, 0.1) is 5.82 Å². The van der Waals surface area contributed by atoms with E-state index in [0.717, 1.165) is 6.20 Å². The molecule has 2 nitrogen and oxygen atoms in total. The molecule has 0 radical (unpaired) electrons. The number of pyridine rings is 1. The van der Waals surface area contributed by atoms with Crippen molar-refractivity contribution in [2.75, 3.05) is 0 Å². The second-order valence-corrected chi connectivity index (χ2v) is 2.20. The lowest BCUT2D eigenvalue weighted by molar-refractivity contribution is 0.619. The van der Waals surface area contributed by atoms with Crippen LogP contribution >= 0.6 is 11.6 Å². The molecule has 10 heavy (non-hydrogen) atoms. The van der Waals surface area contributed by atoms with Gasteiger partial charge < -0.3 is 5.73 Å². The van der Waals surface area contributed by atoms with Crippen molar-refractivity contribution in [1.29, 1.82) is 0 Å². The van der Waals surface area contributed by atoms with Crippen molar-refractivity contribution in [2.24, 2.45) is 5.73 Å². The molecule has 0 spiro atoms. The molecule has 2 N–H and O–H groups in total. The minimum atomic E-state index is -0.515. The van der Waals surface area contributed by atoms with Crippen LogP contribution in [0.2, 0.25) is 5.02 Å². The van der Waals surface area contributed by atoms with Crippen molar-refractivity contribution in [2.45, 2.75) is 6.54 Å². The molecular formula is C6H6ClFN2. The van der Waals surface area contributed by atoms with Gasteiger partial charge in [0.05, 0.1) is 16.9 Å².